The second-order valence-electron chi connectivity index (χ2n) is 6.50. The first kappa shape index (κ1) is 17.9. The van der Waals surface area contributed by atoms with E-state index < -0.39 is 0 Å². The largest absolute Gasteiger partial charge is 0.296 e. The van der Waals surface area contributed by atoms with Crippen LogP contribution >= 0.6 is 0 Å². The summed E-state index contributed by atoms with van der Waals surface area (Å²) >= 11 is 0. The van der Waals surface area contributed by atoms with Gasteiger partial charge in [0, 0.05) is 11.6 Å². The van der Waals surface area contributed by atoms with Crippen molar-refractivity contribution in [2.75, 3.05) is 0 Å². The zero-order valence-corrected chi connectivity index (χ0v) is 15.4. The van der Waals surface area contributed by atoms with E-state index in [0.717, 1.165) is 21.9 Å². The molecular formula is C24H20N2O2. The Bertz CT molecular complexity index is 1070. The van der Waals surface area contributed by atoms with E-state index in [1.54, 1.807) is 6.20 Å². The molecule has 0 aliphatic carbocycles. The van der Waals surface area contributed by atoms with Crippen LogP contribution in [0.1, 0.15) is 21.6 Å². The Hall–Kier alpha value is -3.50. The highest BCUT2D eigenvalue weighted by Crippen LogP contribution is 2.17. The molecule has 4 nitrogen and oxygen atoms in total. The Morgan fingerprint density at radius 1 is 0.786 bits per heavy atom. The molecule has 3 aromatic carbocycles. The van der Waals surface area contributed by atoms with E-state index in [2.05, 4.69) is 4.98 Å². The quantitative estimate of drug-likeness (QED) is 0.449. The molecular weight excluding hydrogens is 348 g/mol. The van der Waals surface area contributed by atoms with Gasteiger partial charge in [0.15, 0.2) is 0 Å². The third-order valence-corrected chi connectivity index (χ3v) is 4.48. The number of carbonyl (C=O) groups is 1. The molecule has 0 unspecified atom stereocenters. The SMILES string of the molecule is O=C(c1cc2ccccc2cn1)N(Cc1ccccc1)OCc1ccccc1. The van der Waals surface area contributed by atoms with Gasteiger partial charge in [-0.2, -0.15) is 0 Å². The minimum atomic E-state index is -0.259. The number of rotatable bonds is 6. The molecule has 0 fully saturated rings. The maximum Gasteiger partial charge on any atom is 0.296 e. The lowest BCUT2D eigenvalue weighted by Gasteiger charge is -2.22. The van der Waals surface area contributed by atoms with Crippen LogP contribution in [0.4, 0.5) is 0 Å². The van der Waals surface area contributed by atoms with Crippen LogP contribution in [0, 0.1) is 0 Å². The van der Waals surface area contributed by atoms with Gasteiger partial charge in [-0.05, 0) is 22.6 Å². The van der Waals surface area contributed by atoms with Gasteiger partial charge in [-0.25, -0.2) is 5.06 Å². The van der Waals surface area contributed by atoms with Crippen molar-refractivity contribution in [1.82, 2.24) is 10.0 Å². The first-order valence-electron chi connectivity index (χ1n) is 9.17. The van der Waals surface area contributed by atoms with Gasteiger partial charge in [-0.3, -0.25) is 14.6 Å². The summed E-state index contributed by atoms with van der Waals surface area (Å²) in [5.74, 6) is -0.259. The van der Waals surface area contributed by atoms with Gasteiger partial charge >= 0.3 is 0 Å². The number of aromatic nitrogens is 1. The van der Waals surface area contributed by atoms with Gasteiger partial charge < -0.3 is 0 Å². The molecule has 4 heteroatoms. The average Bonchev–Trinajstić information content (AvgIpc) is 2.77. The maximum absolute atomic E-state index is 13.2. The average molecular weight is 368 g/mol. The Morgan fingerprint density at radius 2 is 1.39 bits per heavy atom. The molecule has 1 aromatic heterocycles. The van der Waals surface area contributed by atoms with Crippen LogP contribution in [0.2, 0.25) is 0 Å². The van der Waals surface area contributed by atoms with Crippen molar-refractivity contribution in [1.29, 1.82) is 0 Å². The lowest BCUT2D eigenvalue weighted by Crippen LogP contribution is -2.31. The van der Waals surface area contributed by atoms with E-state index in [4.69, 9.17) is 4.84 Å². The molecule has 0 atom stereocenters. The van der Waals surface area contributed by atoms with Crippen LogP contribution in [0.3, 0.4) is 0 Å². The normalized spacial score (nSPS) is 10.7. The molecule has 0 N–H and O–H groups in total. The van der Waals surface area contributed by atoms with Gasteiger partial charge in [0.05, 0.1) is 6.54 Å². The second kappa shape index (κ2) is 8.46. The number of hydroxylamine groups is 2. The fraction of sp³-hybridized carbons (Fsp3) is 0.0833. The lowest BCUT2D eigenvalue weighted by molar-refractivity contribution is -0.140. The summed E-state index contributed by atoms with van der Waals surface area (Å²) in [5.41, 5.74) is 2.35. The van der Waals surface area contributed by atoms with Crippen molar-refractivity contribution in [2.24, 2.45) is 0 Å². The summed E-state index contributed by atoms with van der Waals surface area (Å²) in [6.07, 6.45) is 1.72. The molecule has 4 rings (SSSR count). The summed E-state index contributed by atoms with van der Waals surface area (Å²) in [6.45, 7) is 0.661. The lowest BCUT2D eigenvalue weighted by atomic mass is 10.1. The third-order valence-electron chi connectivity index (χ3n) is 4.48. The number of amides is 1. The molecule has 0 radical (unpaired) electrons. The molecule has 0 bridgehead atoms. The summed E-state index contributed by atoms with van der Waals surface area (Å²) < 4.78 is 0. The van der Waals surface area contributed by atoms with Crippen molar-refractivity contribution in [3.63, 3.8) is 0 Å². The highest BCUT2D eigenvalue weighted by Gasteiger charge is 2.19. The Labute approximate surface area is 164 Å². The van der Waals surface area contributed by atoms with Crippen molar-refractivity contribution < 1.29 is 9.63 Å². The topological polar surface area (TPSA) is 42.4 Å². The van der Waals surface area contributed by atoms with E-state index in [9.17, 15) is 4.79 Å². The van der Waals surface area contributed by atoms with Crippen molar-refractivity contribution >= 4 is 16.7 Å². The van der Waals surface area contributed by atoms with Crippen LogP contribution in [-0.4, -0.2) is 16.0 Å². The molecule has 138 valence electrons. The molecule has 1 amide bonds. The van der Waals surface area contributed by atoms with Gasteiger partial charge in [0.25, 0.3) is 5.91 Å². The predicted octanol–water partition coefficient (Wildman–Crippen LogP) is 5.01. The summed E-state index contributed by atoms with van der Waals surface area (Å²) in [4.78, 5) is 23.4. The standard InChI is InChI=1S/C24H20N2O2/c27-24(23-15-21-13-7-8-14-22(21)16-25-23)26(17-19-9-3-1-4-10-19)28-18-20-11-5-2-6-12-20/h1-16H,17-18H2. The second-order valence-corrected chi connectivity index (χ2v) is 6.50. The van der Waals surface area contributed by atoms with Crippen LogP contribution in [0.15, 0.2) is 97.2 Å². The monoisotopic (exact) mass is 368 g/mol. The summed E-state index contributed by atoms with van der Waals surface area (Å²) in [6, 6.07) is 29.2. The van der Waals surface area contributed by atoms with Crippen molar-refractivity contribution in [3.05, 3.63) is 114 Å². The minimum absolute atomic E-state index is 0.259. The first-order valence-corrected chi connectivity index (χ1v) is 9.17. The Balaban J connectivity index is 1.59. The predicted molar refractivity (Wildman–Crippen MR) is 109 cm³/mol. The number of fused-ring (bicyclic) bond motifs is 1. The highest BCUT2D eigenvalue weighted by atomic mass is 16.7. The van der Waals surface area contributed by atoms with E-state index in [-0.39, 0.29) is 5.91 Å². The highest BCUT2D eigenvalue weighted by molar-refractivity contribution is 5.95. The molecule has 0 saturated heterocycles. The van der Waals surface area contributed by atoms with Crippen molar-refractivity contribution in [2.45, 2.75) is 13.2 Å². The number of nitrogens with zero attached hydrogens (tertiary/aromatic N) is 2. The van der Waals surface area contributed by atoms with Gasteiger partial charge in [0.2, 0.25) is 0 Å². The zero-order chi connectivity index (χ0) is 19.2. The molecule has 28 heavy (non-hydrogen) atoms. The molecule has 0 aliphatic heterocycles. The van der Waals surface area contributed by atoms with Gasteiger partial charge in [-0.15, -0.1) is 0 Å². The van der Waals surface area contributed by atoms with Gasteiger partial charge in [-0.1, -0.05) is 84.9 Å². The molecule has 4 aromatic rings. The maximum atomic E-state index is 13.2. The molecule has 0 spiro atoms. The first-order chi connectivity index (χ1) is 13.8. The van der Waals surface area contributed by atoms with Crippen LogP contribution in [0.25, 0.3) is 10.8 Å². The number of benzene rings is 3. The van der Waals surface area contributed by atoms with E-state index >= 15 is 0 Å². The van der Waals surface area contributed by atoms with Crippen LogP contribution in [-0.2, 0) is 18.0 Å². The smallest absolute Gasteiger partial charge is 0.266 e. The van der Waals surface area contributed by atoms with Crippen LogP contribution < -0.4 is 0 Å². The molecule has 0 aliphatic rings. The molecule has 1 heterocycles. The zero-order valence-electron chi connectivity index (χ0n) is 15.4. The summed E-state index contributed by atoms with van der Waals surface area (Å²) in [7, 11) is 0. The fourth-order valence-electron chi connectivity index (χ4n) is 2.98. The Kier molecular flexibility index (Phi) is 5.41. The van der Waals surface area contributed by atoms with Crippen molar-refractivity contribution in [3.8, 4) is 0 Å². The summed E-state index contributed by atoms with van der Waals surface area (Å²) in [5, 5.41) is 3.36. The third kappa shape index (κ3) is 4.24. The fourth-order valence-corrected chi connectivity index (χ4v) is 2.98. The van der Waals surface area contributed by atoms with E-state index in [1.165, 1.54) is 5.06 Å². The number of hydrogen-bond acceptors (Lipinski definition) is 3. The van der Waals surface area contributed by atoms with E-state index in [1.807, 2.05) is 91.0 Å². The number of carbonyl (C=O) groups excluding carboxylic acids is 1. The molecule has 0 saturated carbocycles. The van der Waals surface area contributed by atoms with Crippen LogP contribution in [0.5, 0.6) is 0 Å². The van der Waals surface area contributed by atoms with Gasteiger partial charge in [0.1, 0.15) is 12.3 Å². The Morgan fingerprint density at radius 3 is 2.11 bits per heavy atom. The number of pyridine rings is 1. The number of hydrogen-bond donors (Lipinski definition) is 0. The minimum Gasteiger partial charge on any atom is -0.266 e. The van der Waals surface area contributed by atoms with E-state index in [0.29, 0.717) is 18.8 Å².